The van der Waals surface area contributed by atoms with Crippen LogP contribution in [0.5, 0.6) is 5.75 Å². The molecule has 0 amide bonds. The second-order valence-corrected chi connectivity index (χ2v) is 5.63. The second kappa shape index (κ2) is 9.89. The van der Waals surface area contributed by atoms with Crippen molar-refractivity contribution in [3.63, 3.8) is 0 Å². The number of hydrogen-bond acceptors (Lipinski definition) is 1. The number of phenolic OH excluding ortho intramolecular Hbond substituents is 1. The summed E-state index contributed by atoms with van der Waals surface area (Å²) in [6.07, 6.45) is 11.9. The van der Waals surface area contributed by atoms with Gasteiger partial charge in [0.15, 0.2) is 0 Å². The van der Waals surface area contributed by atoms with E-state index in [1.165, 1.54) is 63.4 Å². The molecule has 0 spiro atoms. The van der Waals surface area contributed by atoms with Crippen LogP contribution in [0.2, 0.25) is 0 Å². The molecule has 0 fully saturated rings. The molecule has 0 saturated heterocycles. The third-order valence-corrected chi connectivity index (χ3v) is 3.93. The van der Waals surface area contributed by atoms with E-state index >= 15 is 0 Å². The molecule has 0 aliphatic heterocycles. The molecule has 1 rings (SSSR count). The monoisotopic (exact) mass is 262 g/mol. The van der Waals surface area contributed by atoms with Crippen LogP contribution in [-0.2, 0) is 0 Å². The van der Waals surface area contributed by atoms with Gasteiger partial charge in [0.2, 0.25) is 0 Å². The fourth-order valence-electron chi connectivity index (χ4n) is 2.68. The van der Waals surface area contributed by atoms with Gasteiger partial charge in [0.1, 0.15) is 5.75 Å². The van der Waals surface area contributed by atoms with Gasteiger partial charge in [-0.05, 0) is 36.5 Å². The maximum absolute atomic E-state index is 9.40. The summed E-state index contributed by atoms with van der Waals surface area (Å²) in [5.41, 5.74) is 1.41. The predicted octanol–water partition coefficient (Wildman–Crippen LogP) is 6.03. The predicted molar refractivity (Wildman–Crippen MR) is 83.7 cm³/mol. The largest absolute Gasteiger partial charge is 0.508 e. The first-order valence-electron chi connectivity index (χ1n) is 8.06. The van der Waals surface area contributed by atoms with Gasteiger partial charge in [0.25, 0.3) is 0 Å². The number of benzene rings is 1. The van der Waals surface area contributed by atoms with E-state index in [1.807, 2.05) is 12.1 Å². The van der Waals surface area contributed by atoms with Crippen LogP contribution >= 0.6 is 0 Å². The molecule has 0 unspecified atom stereocenters. The fraction of sp³-hybridized carbons (Fsp3) is 0.667. The van der Waals surface area contributed by atoms with Crippen LogP contribution in [0.1, 0.15) is 83.1 Å². The lowest BCUT2D eigenvalue weighted by Gasteiger charge is -2.17. The van der Waals surface area contributed by atoms with Gasteiger partial charge in [-0.1, -0.05) is 70.9 Å². The fourth-order valence-corrected chi connectivity index (χ4v) is 2.68. The maximum atomic E-state index is 9.40. The van der Waals surface area contributed by atoms with Gasteiger partial charge < -0.3 is 5.11 Å². The van der Waals surface area contributed by atoms with Crippen LogP contribution in [-0.4, -0.2) is 5.11 Å². The molecule has 0 radical (unpaired) electrons. The third-order valence-electron chi connectivity index (χ3n) is 3.93. The first-order valence-corrected chi connectivity index (χ1v) is 8.06. The molecule has 19 heavy (non-hydrogen) atoms. The molecule has 0 bridgehead atoms. The molecule has 1 nitrogen and oxygen atoms in total. The van der Waals surface area contributed by atoms with Crippen molar-refractivity contribution in [2.75, 3.05) is 0 Å². The normalized spacial score (nSPS) is 12.5. The number of unbranched alkanes of at least 4 members (excludes halogenated alkanes) is 5. The van der Waals surface area contributed by atoms with Crippen molar-refractivity contribution >= 4 is 0 Å². The van der Waals surface area contributed by atoms with Gasteiger partial charge in [-0.15, -0.1) is 0 Å². The number of phenols is 1. The van der Waals surface area contributed by atoms with Crippen LogP contribution < -0.4 is 0 Å². The van der Waals surface area contributed by atoms with E-state index in [4.69, 9.17) is 0 Å². The van der Waals surface area contributed by atoms with E-state index in [0.29, 0.717) is 11.7 Å². The van der Waals surface area contributed by atoms with Crippen molar-refractivity contribution in [3.05, 3.63) is 29.8 Å². The Morgan fingerprint density at radius 1 is 0.789 bits per heavy atom. The SMILES string of the molecule is CCCCCC[C@H](CCCCC)c1ccc(O)cc1. The van der Waals surface area contributed by atoms with Crippen LogP contribution in [0.4, 0.5) is 0 Å². The van der Waals surface area contributed by atoms with E-state index in [0.717, 1.165) is 0 Å². The van der Waals surface area contributed by atoms with Gasteiger partial charge >= 0.3 is 0 Å². The van der Waals surface area contributed by atoms with Crippen molar-refractivity contribution in [1.29, 1.82) is 0 Å². The molecule has 1 N–H and O–H groups in total. The average molecular weight is 262 g/mol. The summed E-state index contributed by atoms with van der Waals surface area (Å²) < 4.78 is 0. The minimum Gasteiger partial charge on any atom is -0.508 e. The summed E-state index contributed by atoms with van der Waals surface area (Å²) in [4.78, 5) is 0. The van der Waals surface area contributed by atoms with Crippen molar-refractivity contribution < 1.29 is 5.11 Å². The molecule has 1 atom stereocenters. The zero-order valence-electron chi connectivity index (χ0n) is 12.7. The third kappa shape index (κ3) is 6.66. The Morgan fingerprint density at radius 2 is 1.32 bits per heavy atom. The quantitative estimate of drug-likeness (QED) is 0.511. The molecule has 0 aromatic heterocycles. The van der Waals surface area contributed by atoms with E-state index in [9.17, 15) is 5.11 Å². The summed E-state index contributed by atoms with van der Waals surface area (Å²) in [5.74, 6) is 1.06. The second-order valence-electron chi connectivity index (χ2n) is 5.63. The topological polar surface area (TPSA) is 20.2 Å². The Kier molecular flexibility index (Phi) is 8.36. The maximum Gasteiger partial charge on any atom is 0.115 e. The van der Waals surface area contributed by atoms with Crippen molar-refractivity contribution in [2.45, 2.75) is 77.6 Å². The molecule has 0 heterocycles. The minimum absolute atomic E-state index is 0.377. The Morgan fingerprint density at radius 3 is 1.89 bits per heavy atom. The molecular formula is C18H30O. The molecule has 0 saturated carbocycles. The molecule has 1 aromatic carbocycles. The molecule has 1 aromatic rings. The van der Waals surface area contributed by atoms with Crippen LogP contribution in [0.15, 0.2) is 24.3 Å². The van der Waals surface area contributed by atoms with Gasteiger partial charge in [-0.2, -0.15) is 0 Å². The average Bonchev–Trinajstić information content (AvgIpc) is 2.43. The lowest BCUT2D eigenvalue weighted by atomic mass is 9.88. The summed E-state index contributed by atoms with van der Waals surface area (Å²) >= 11 is 0. The highest BCUT2D eigenvalue weighted by atomic mass is 16.3. The molecular weight excluding hydrogens is 232 g/mol. The van der Waals surface area contributed by atoms with Crippen molar-refractivity contribution in [2.24, 2.45) is 0 Å². The molecule has 0 aliphatic rings. The van der Waals surface area contributed by atoms with Crippen molar-refractivity contribution in [3.8, 4) is 5.75 Å². The molecule has 108 valence electrons. The van der Waals surface area contributed by atoms with E-state index in [2.05, 4.69) is 26.0 Å². The standard InChI is InChI=1S/C18H30O/c1-3-5-7-9-11-16(10-8-6-4-2)17-12-14-18(19)15-13-17/h12-16,19H,3-11H2,1-2H3/t16-/m0/s1. The molecule has 0 aliphatic carbocycles. The van der Waals surface area contributed by atoms with Gasteiger partial charge in [-0.3, -0.25) is 0 Å². The van der Waals surface area contributed by atoms with E-state index in [1.54, 1.807) is 0 Å². The first kappa shape index (κ1) is 16.1. The number of rotatable bonds is 10. The van der Waals surface area contributed by atoms with Gasteiger partial charge in [0.05, 0.1) is 0 Å². The highest BCUT2D eigenvalue weighted by molar-refractivity contribution is 5.28. The Labute approximate surface area is 119 Å². The van der Waals surface area contributed by atoms with Crippen molar-refractivity contribution in [1.82, 2.24) is 0 Å². The lowest BCUT2D eigenvalue weighted by Crippen LogP contribution is -1.99. The zero-order chi connectivity index (χ0) is 13.9. The van der Waals surface area contributed by atoms with Gasteiger partial charge in [0, 0.05) is 0 Å². The lowest BCUT2D eigenvalue weighted by molar-refractivity contribution is 0.472. The Balaban J connectivity index is 2.49. The Hall–Kier alpha value is -0.980. The van der Waals surface area contributed by atoms with E-state index in [-0.39, 0.29) is 0 Å². The number of hydrogen-bond donors (Lipinski definition) is 1. The van der Waals surface area contributed by atoms with Gasteiger partial charge in [-0.25, -0.2) is 0 Å². The smallest absolute Gasteiger partial charge is 0.115 e. The summed E-state index contributed by atoms with van der Waals surface area (Å²) in [6.45, 7) is 4.52. The summed E-state index contributed by atoms with van der Waals surface area (Å²) in [6, 6.07) is 7.86. The van der Waals surface area contributed by atoms with Crippen LogP contribution in [0.25, 0.3) is 0 Å². The summed E-state index contributed by atoms with van der Waals surface area (Å²) in [5, 5.41) is 9.40. The van der Waals surface area contributed by atoms with Crippen LogP contribution in [0, 0.1) is 0 Å². The van der Waals surface area contributed by atoms with E-state index < -0.39 is 0 Å². The minimum atomic E-state index is 0.377. The highest BCUT2D eigenvalue weighted by Crippen LogP contribution is 2.29. The molecule has 1 heteroatoms. The number of aromatic hydroxyl groups is 1. The summed E-state index contributed by atoms with van der Waals surface area (Å²) in [7, 11) is 0. The highest BCUT2D eigenvalue weighted by Gasteiger charge is 2.11. The first-order chi connectivity index (χ1) is 9.27. The van der Waals surface area contributed by atoms with Crippen LogP contribution in [0.3, 0.4) is 0 Å². The Bertz CT molecular complexity index is 315. The zero-order valence-corrected chi connectivity index (χ0v) is 12.7.